The first kappa shape index (κ1) is 22.6. The summed E-state index contributed by atoms with van der Waals surface area (Å²) in [7, 11) is 1.64. The van der Waals surface area contributed by atoms with Gasteiger partial charge in [-0.2, -0.15) is 5.26 Å². The molecule has 0 fully saturated rings. The molecule has 2 N–H and O–H groups in total. The van der Waals surface area contributed by atoms with Crippen molar-refractivity contribution in [2.45, 2.75) is 19.3 Å². The van der Waals surface area contributed by atoms with E-state index >= 15 is 0 Å². The zero-order valence-electron chi connectivity index (χ0n) is 19.0. The number of amides is 2. The smallest absolute Gasteiger partial charge is 0.323 e. The lowest BCUT2D eigenvalue weighted by Gasteiger charge is -2.22. The number of ether oxygens (including phenoxy) is 1. The lowest BCUT2D eigenvalue weighted by molar-refractivity contribution is 0.256. The van der Waals surface area contributed by atoms with Gasteiger partial charge in [-0.25, -0.2) is 9.78 Å². The third-order valence-electron chi connectivity index (χ3n) is 5.57. The fourth-order valence-electron chi connectivity index (χ4n) is 3.55. The summed E-state index contributed by atoms with van der Waals surface area (Å²) in [6.07, 6.45) is 1.48. The van der Waals surface area contributed by atoms with E-state index in [-0.39, 0.29) is 5.56 Å². The quantitative estimate of drug-likeness (QED) is 0.469. The van der Waals surface area contributed by atoms with Crippen molar-refractivity contribution in [2.24, 2.45) is 12.8 Å². The van der Waals surface area contributed by atoms with Gasteiger partial charge in [0.1, 0.15) is 11.5 Å². The minimum absolute atomic E-state index is 0.160. The third kappa shape index (κ3) is 4.32. The summed E-state index contributed by atoms with van der Waals surface area (Å²) in [5, 5.41) is 9.80. The van der Waals surface area contributed by atoms with E-state index in [9.17, 15) is 14.9 Å². The number of rotatable bonds is 5. The molecule has 0 bridgehead atoms. The summed E-state index contributed by atoms with van der Waals surface area (Å²) in [6.45, 7) is 3.66. The molecule has 0 spiro atoms. The molecule has 0 unspecified atom stereocenters. The van der Waals surface area contributed by atoms with Crippen molar-refractivity contribution >= 4 is 28.3 Å². The van der Waals surface area contributed by atoms with Crippen molar-refractivity contribution in [3.8, 4) is 17.6 Å². The van der Waals surface area contributed by atoms with Crippen LogP contribution in [0.5, 0.6) is 11.5 Å². The molecule has 0 aliphatic carbocycles. The Kier molecular flexibility index (Phi) is 5.78. The average Bonchev–Trinajstić information content (AvgIpc) is 2.83. The highest BCUT2D eigenvalue weighted by Crippen LogP contribution is 2.31. The van der Waals surface area contributed by atoms with E-state index in [2.05, 4.69) is 11.1 Å². The summed E-state index contributed by atoms with van der Waals surface area (Å²) >= 11 is 0. The molecule has 0 saturated carbocycles. The van der Waals surface area contributed by atoms with Gasteiger partial charge in [-0.15, -0.1) is 0 Å². The van der Waals surface area contributed by atoms with Gasteiger partial charge in [-0.1, -0.05) is 12.1 Å². The predicted octanol–water partition coefficient (Wildman–Crippen LogP) is 4.74. The van der Waals surface area contributed by atoms with Crippen molar-refractivity contribution < 1.29 is 9.53 Å². The molecule has 3 aromatic carbocycles. The molecule has 0 saturated heterocycles. The Hall–Kier alpha value is -4.64. The number of aryl methyl sites for hydroxylation is 1. The zero-order valence-corrected chi connectivity index (χ0v) is 19.0. The van der Waals surface area contributed by atoms with Crippen LogP contribution in [-0.2, 0) is 12.5 Å². The largest absolute Gasteiger partial charge is 0.457 e. The second-order valence-corrected chi connectivity index (χ2v) is 8.39. The molecular formula is C26H23N5O3. The topological polar surface area (TPSA) is 114 Å². The zero-order chi connectivity index (χ0) is 24.5. The minimum Gasteiger partial charge on any atom is -0.457 e. The molecule has 0 radical (unpaired) electrons. The number of anilines is 2. The fraction of sp³-hybridized carbons (Fsp3) is 0.154. The van der Waals surface area contributed by atoms with E-state index < -0.39 is 11.4 Å². The number of carbonyl (C=O) groups excluding carboxylic acids is 1. The number of benzene rings is 3. The van der Waals surface area contributed by atoms with Gasteiger partial charge in [0.15, 0.2) is 0 Å². The van der Waals surface area contributed by atoms with Crippen molar-refractivity contribution in [2.75, 3.05) is 4.90 Å². The maximum atomic E-state index is 12.3. The maximum Gasteiger partial charge on any atom is 0.323 e. The Morgan fingerprint density at radius 3 is 2.21 bits per heavy atom. The first-order valence-electron chi connectivity index (χ1n) is 10.5. The van der Waals surface area contributed by atoms with Gasteiger partial charge in [0.25, 0.3) is 5.56 Å². The van der Waals surface area contributed by atoms with Crippen LogP contribution in [0.4, 0.5) is 16.2 Å². The highest BCUT2D eigenvalue weighted by Gasteiger charge is 2.21. The number of nitriles is 1. The number of hydrogen-bond donors (Lipinski definition) is 1. The molecule has 4 rings (SSSR count). The van der Waals surface area contributed by atoms with Gasteiger partial charge in [0.2, 0.25) is 0 Å². The number of fused-ring (bicyclic) bond motifs is 1. The molecule has 8 nitrogen and oxygen atoms in total. The van der Waals surface area contributed by atoms with Crippen LogP contribution in [0.15, 0.2) is 77.9 Å². The van der Waals surface area contributed by atoms with Crippen LogP contribution < -0.4 is 20.9 Å². The summed E-state index contributed by atoms with van der Waals surface area (Å²) in [5.74, 6) is 1.02. The molecule has 34 heavy (non-hydrogen) atoms. The standard InChI is InChI=1S/C26H23N5O3/c1-26(2,15-27)17-4-6-18(7-5-17)31(25(28)33)19-8-10-20(11-9-19)34-21-12-13-23-22(14-21)24(32)30(3)16-29-23/h4-14,16H,1-3H3,(H2,28,33). The van der Waals surface area contributed by atoms with Crippen molar-refractivity contribution in [3.05, 3.63) is 89.0 Å². The van der Waals surface area contributed by atoms with Crippen LogP contribution in [0.3, 0.4) is 0 Å². The number of urea groups is 1. The molecule has 4 aromatic rings. The molecule has 1 aromatic heterocycles. The highest BCUT2D eigenvalue weighted by molar-refractivity contribution is 5.98. The first-order chi connectivity index (χ1) is 16.2. The second kappa shape index (κ2) is 8.71. The van der Waals surface area contributed by atoms with Crippen LogP contribution in [0.25, 0.3) is 10.9 Å². The van der Waals surface area contributed by atoms with Crippen LogP contribution in [0, 0.1) is 11.3 Å². The van der Waals surface area contributed by atoms with Gasteiger partial charge < -0.3 is 15.0 Å². The van der Waals surface area contributed by atoms with Crippen molar-refractivity contribution in [3.63, 3.8) is 0 Å². The van der Waals surface area contributed by atoms with Crippen molar-refractivity contribution in [1.82, 2.24) is 9.55 Å². The molecule has 0 aliphatic heterocycles. The number of nitrogens with two attached hydrogens (primary N) is 1. The second-order valence-electron chi connectivity index (χ2n) is 8.39. The van der Waals surface area contributed by atoms with E-state index in [0.717, 1.165) is 5.56 Å². The van der Waals surface area contributed by atoms with Crippen LogP contribution in [-0.4, -0.2) is 15.6 Å². The Balaban J connectivity index is 1.59. The normalized spacial score (nSPS) is 11.1. The maximum absolute atomic E-state index is 12.3. The van der Waals surface area contributed by atoms with E-state index in [0.29, 0.717) is 33.8 Å². The first-order valence-corrected chi connectivity index (χ1v) is 10.5. The van der Waals surface area contributed by atoms with E-state index in [1.807, 2.05) is 26.0 Å². The lowest BCUT2D eigenvalue weighted by Crippen LogP contribution is -2.31. The Morgan fingerprint density at radius 2 is 1.62 bits per heavy atom. The fourth-order valence-corrected chi connectivity index (χ4v) is 3.55. The van der Waals surface area contributed by atoms with Crippen LogP contribution >= 0.6 is 0 Å². The third-order valence-corrected chi connectivity index (χ3v) is 5.57. The Morgan fingerprint density at radius 1 is 1.03 bits per heavy atom. The van der Waals surface area contributed by atoms with E-state index in [1.54, 1.807) is 61.6 Å². The number of hydrogen-bond acceptors (Lipinski definition) is 5. The number of primary amides is 1. The molecular weight excluding hydrogens is 430 g/mol. The molecule has 1 heterocycles. The molecule has 170 valence electrons. The van der Waals surface area contributed by atoms with Gasteiger partial charge in [0.05, 0.1) is 40.1 Å². The molecule has 8 heteroatoms. The van der Waals surface area contributed by atoms with E-state index in [4.69, 9.17) is 10.5 Å². The lowest BCUT2D eigenvalue weighted by atomic mass is 9.86. The Bertz CT molecular complexity index is 1470. The Labute approximate surface area is 196 Å². The summed E-state index contributed by atoms with van der Waals surface area (Å²) < 4.78 is 7.32. The summed E-state index contributed by atoms with van der Waals surface area (Å²) in [5.41, 5.74) is 7.43. The monoisotopic (exact) mass is 453 g/mol. The van der Waals surface area contributed by atoms with Crippen LogP contribution in [0.1, 0.15) is 19.4 Å². The summed E-state index contributed by atoms with van der Waals surface area (Å²) in [6, 6.07) is 20.7. The van der Waals surface area contributed by atoms with Gasteiger partial charge in [0, 0.05) is 7.05 Å². The number of carbonyl (C=O) groups is 1. The molecule has 0 atom stereocenters. The van der Waals surface area contributed by atoms with Gasteiger partial charge in [-0.05, 0) is 74.0 Å². The predicted molar refractivity (Wildman–Crippen MR) is 130 cm³/mol. The van der Waals surface area contributed by atoms with E-state index in [1.165, 1.54) is 15.8 Å². The van der Waals surface area contributed by atoms with Gasteiger partial charge in [-0.3, -0.25) is 9.69 Å². The number of nitrogens with zero attached hydrogens (tertiary/aromatic N) is 4. The van der Waals surface area contributed by atoms with Gasteiger partial charge >= 0.3 is 6.03 Å². The minimum atomic E-state index is -0.641. The molecule has 2 amide bonds. The SMILES string of the molecule is Cn1cnc2ccc(Oc3ccc(N(C(N)=O)c4ccc(C(C)(C)C#N)cc4)cc3)cc2c1=O. The summed E-state index contributed by atoms with van der Waals surface area (Å²) in [4.78, 5) is 30.2. The highest BCUT2D eigenvalue weighted by atomic mass is 16.5. The number of aromatic nitrogens is 2. The molecule has 0 aliphatic rings. The van der Waals surface area contributed by atoms with Crippen molar-refractivity contribution in [1.29, 1.82) is 5.26 Å². The average molecular weight is 454 g/mol. The van der Waals surface area contributed by atoms with Crippen LogP contribution in [0.2, 0.25) is 0 Å².